The lowest BCUT2D eigenvalue weighted by molar-refractivity contribution is -0.133. The Kier molecular flexibility index (Phi) is 8.33. The van der Waals surface area contributed by atoms with Gasteiger partial charge >= 0.3 is 0 Å². The van der Waals surface area contributed by atoms with Gasteiger partial charge in [-0.15, -0.1) is 0 Å². The van der Waals surface area contributed by atoms with Gasteiger partial charge in [0.25, 0.3) is 0 Å². The van der Waals surface area contributed by atoms with Gasteiger partial charge in [0, 0.05) is 37.2 Å². The number of para-hydroxylation sites is 1. The van der Waals surface area contributed by atoms with E-state index in [2.05, 4.69) is 33.8 Å². The molecule has 0 aromatic heterocycles. The Morgan fingerprint density at radius 3 is 2.65 bits per heavy atom. The summed E-state index contributed by atoms with van der Waals surface area (Å²) in [5.74, 6) is 1.89. The standard InChI is InChI=1S/C25H34N4O2/c1-4-26-25(28-21-14-16-29(18-21)24(30)19(2)3)27-15-17-31-23-13-9-8-12-22(23)20-10-6-5-7-11-20/h5-13,19,21H,4,14-18H2,1-3H3,(H2,26,27,28). The van der Waals surface area contributed by atoms with Crippen LogP contribution >= 0.6 is 0 Å². The third-order valence-electron chi connectivity index (χ3n) is 5.27. The number of amides is 1. The second-order valence-electron chi connectivity index (χ2n) is 8.04. The Labute approximate surface area is 185 Å². The first-order valence-corrected chi connectivity index (χ1v) is 11.2. The van der Waals surface area contributed by atoms with E-state index in [9.17, 15) is 4.79 Å². The van der Waals surface area contributed by atoms with Crippen LogP contribution in [0.3, 0.4) is 0 Å². The number of benzene rings is 2. The van der Waals surface area contributed by atoms with Crippen molar-refractivity contribution in [1.29, 1.82) is 0 Å². The highest BCUT2D eigenvalue weighted by Gasteiger charge is 2.27. The molecule has 2 N–H and O–H groups in total. The zero-order valence-electron chi connectivity index (χ0n) is 18.8. The number of rotatable bonds is 8. The van der Waals surface area contributed by atoms with Gasteiger partial charge in [0.05, 0.1) is 6.54 Å². The van der Waals surface area contributed by atoms with Crippen molar-refractivity contribution in [2.24, 2.45) is 10.9 Å². The highest BCUT2D eigenvalue weighted by Crippen LogP contribution is 2.29. The fourth-order valence-electron chi connectivity index (χ4n) is 3.72. The Balaban J connectivity index is 1.54. The van der Waals surface area contributed by atoms with Crippen molar-refractivity contribution >= 4 is 11.9 Å². The predicted molar refractivity (Wildman–Crippen MR) is 126 cm³/mol. The van der Waals surface area contributed by atoms with Crippen LogP contribution in [-0.2, 0) is 4.79 Å². The normalized spacial score (nSPS) is 16.5. The maximum atomic E-state index is 12.2. The van der Waals surface area contributed by atoms with E-state index in [4.69, 9.17) is 4.74 Å². The van der Waals surface area contributed by atoms with E-state index < -0.39 is 0 Å². The smallest absolute Gasteiger partial charge is 0.225 e. The molecule has 0 saturated carbocycles. The molecule has 1 fully saturated rings. The van der Waals surface area contributed by atoms with Crippen molar-refractivity contribution in [3.8, 4) is 16.9 Å². The molecule has 1 aliphatic heterocycles. The van der Waals surface area contributed by atoms with Gasteiger partial charge in [0.15, 0.2) is 5.96 Å². The number of hydrogen-bond acceptors (Lipinski definition) is 3. The molecule has 1 heterocycles. The lowest BCUT2D eigenvalue weighted by Crippen LogP contribution is -2.45. The molecule has 0 spiro atoms. The highest BCUT2D eigenvalue weighted by atomic mass is 16.5. The quantitative estimate of drug-likeness (QED) is 0.388. The van der Waals surface area contributed by atoms with E-state index in [-0.39, 0.29) is 17.9 Å². The van der Waals surface area contributed by atoms with Gasteiger partial charge in [-0.25, -0.2) is 4.99 Å². The second-order valence-corrected chi connectivity index (χ2v) is 8.04. The number of ether oxygens (including phenoxy) is 1. The summed E-state index contributed by atoms with van der Waals surface area (Å²) >= 11 is 0. The molecule has 2 aromatic rings. The fourth-order valence-corrected chi connectivity index (χ4v) is 3.72. The average molecular weight is 423 g/mol. The van der Waals surface area contributed by atoms with E-state index in [0.29, 0.717) is 13.2 Å². The van der Waals surface area contributed by atoms with E-state index in [1.807, 2.05) is 62.1 Å². The van der Waals surface area contributed by atoms with Crippen LogP contribution < -0.4 is 15.4 Å². The number of nitrogens with one attached hydrogen (secondary N) is 2. The van der Waals surface area contributed by atoms with E-state index in [1.165, 1.54) is 0 Å². The minimum Gasteiger partial charge on any atom is -0.491 e. The molecule has 0 aliphatic carbocycles. The summed E-state index contributed by atoms with van der Waals surface area (Å²) in [5, 5.41) is 6.76. The van der Waals surface area contributed by atoms with Gasteiger partial charge in [-0.2, -0.15) is 0 Å². The zero-order valence-corrected chi connectivity index (χ0v) is 18.8. The molecule has 0 bridgehead atoms. The number of carbonyl (C=O) groups is 1. The zero-order chi connectivity index (χ0) is 22.1. The molecule has 31 heavy (non-hydrogen) atoms. The van der Waals surface area contributed by atoms with Crippen LogP contribution in [-0.4, -0.2) is 55.6 Å². The summed E-state index contributed by atoms with van der Waals surface area (Å²) in [6, 6.07) is 18.5. The van der Waals surface area contributed by atoms with Crippen LogP contribution in [0.15, 0.2) is 59.6 Å². The number of nitrogens with zero attached hydrogens (tertiary/aromatic N) is 2. The molecule has 1 unspecified atom stereocenters. The number of hydrogen-bond donors (Lipinski definition) is 2. The summed E-state index contributed by atoms with van der Waals surface area (Å²) in [5.41, 5.74) is 2.22. The average Bonchev–Trinajstić information content (AvgIpc) is 3.25. The van der Waals surface area contributed by atoms with E-state index in [1.54, 1.807) is 0 Å². The molecular formula is C25H34N4O2. The van der Waals surface area contributed by atoms with Crippen LogP contribution in [0.1, 0.15) is 27.2 Å². The van der Waals surface area contributed by atoms with Crippen molar-refractivity contribution < 1.29 is 9.53 Å². The molecule has 3 rings (SSSR count). The summed E-state index contributed by atoms with van der Waals surface area (Å²) in [6.07, 6.45) is 0.934. The number of likely N-dealkylation sites (tertiary alicyclic amines) is 1. The van der Waals surface area contributed by atoms with Gasteiger partial charge in [0.2, 0.25) is 5.91 Å². The van der Waals surface area contributed by atoms with Crippen molar-refractivity contribution in [3.05, 3.63) is 54.6 Å². The number of carbonyl (C=O) groups excluding carboxylic acids is 1. The van der Waals surface area contributed by atoms with Crippen LogP contribution in [0.4, 0.5) is 0 Å². The molecule has 0 radical (unpaired) electrons. The van der Waals surface area contributed by atoms with Crippen LogP contribution in [0, 0.1) is 5.92 Å². The summed E-state index contributed by atoms with van der Waals surface area (Å²) < 4.78 is 6.05. The van der Waals surface area contributed by atoms with Gasteiger partial charge in [-0.3, -0.25) is 4.79 Å². The predicted octanol–water partition coefficient (Wildman–Crippen LogP) is 3.54. The van der Waals surface area contributed by atoms with Crippen molar-refractivity contribution in [2.75, 3.05) is 32.8 Å². The Bertz CT molecular complexity index is 867. The Morgan fingerprint density at radius 1 is 1.16 bits per heavy atom. The molecule has 6 heteroatoms. The number of aliphatic imine (C=N–C) groups is 1. The Morgan fingerprint density at radius 2 is 1.90 bits per heavy atom. The monoisotopic (exact) mass is 422 g/mol. The molecule has 1 aliphatic rings. The molecule has 2 aromatic carbocycles. The van der Waals surface area contributed by atoms with Crippen molar-refractivity contribution in [3.63, 3.8) is 0 Å². The first-order chi connectivity index (χ1) is 15.1. The van der Waals surface area contributed by atoms with Crippen molar-refractivity contribution in [1.82, 2.24) is 15.5 Å². The minimum atomic E-state index is 0.0385. The number of guanidine groups is 1. The summed E-state index contributed by atoms with van der Waals surface area (Å²) in [6.45, 7) is 9.28. The van der Waals surface area contributed by atoms with E-state index >= 15 is 0 Å². The molecule has 1 saturated heterocycles. The van der Waals surface area contributed by atoms with Crippen LogP contribution in [0.2, 0.25) is 0 Å². The lowest BCUT2D eigenvalue weighted by atomic mass is 10.1. The SMILES string of the molecule is CCNC(=NCCOc1ccccc1-c1ccccc1)NC1CCN(C(=O)C(C)C)C1. The first-order valence-electron chi connectivity index (χ1n) is 11.2. The third kappa shape index (κ3) is 6.48. The largest absolute Gasteiger partial charge is 0.491 e. The maximum Gasteiger partial charge on any atom is 0.225 e. The van der Waals surface area contributed by atoms with Crippen molar-refractivity contribution in [2.45, 2.75) is 33.2 Å². The topological polar surface area (TPSA) is 66.0 Å². The maximum absolute atomic E-state index is 12.2. The highest BCUT2D eigenvalue weighted by molar-refractivity contribution is 5.81. The fraction of sp³-hybridized carbons (Fsp3) is 0.440. The molecule has 1 amide bonds. The third-order valence-corrected chi connectivity index (χ3v) is 5.27. The van der Waals surface area contributed by atoms with Gasteiger partial charge < -0.3 is 20.3 Å². The van der Waals surface area contributed by atoms with Crippen LogP contribution in [0.5, 0.6) is 5.75 Å². The summed E-state index contributed by atoms with van der Waals surface area (Å²) in [7, 11) is 0. The van der Waals surface area contributed by atoms with Gasteiger partial charge in [-0.05, 0) is 25.0 Å². The van der Waals surface area contributed by atoms with Gasteiger partial charge in [0.1, 0.15) is 12.4 Å². The molecule has 6 nitrogen and oxygen atoms in total. The Hall–Kier alpha value is -3.02. The first kappa shape index (κ1) is 22.7. The van der Waals surface area contributed by atoms with Crippen LogP contribution in [0.25, 0.3) is 11.1 Å². The molecule has 1 atom stereocenters. The second kappa shape index (κ2) is 11.4. The van der Waals surface area contributed by atoms with Gasteiger partial charge in [-0.1, -0.05) is 62.4 Å². The minimum absolute atomic E-state index is 0.0385. The molecule has 166 valence electrons. The summed E-state index contributed by atoms with van der Waals surface area (Å²) in [4.78, 5) is 18.8. The lowest BCUT2D eigenvalue weighted by Gasteiger charge is -2.20. The molecular weight excluding hydrogens is 388 g/mol. The van der Waals surface area contributed by atoms with E-state index in [0.717, 1.165) is 48.9 Å².